The van der Waals surface area contributed by atoms with Crippen LogP contribution >= 0.6 is 11.6 Å². The molecular weight excluding hydrogens is 304 g/mol. The molecule has 0 saturated heterocycles. The molecule has 0 bridgehead atoms. The molecule has 0 fully saturated rings. The van der Waals surface area contributed by atoms with Crippen LogP contribution in [-0.4, -0.2) is 29.6 Å². The zero-order valence-electron chi connectivity index (χ0n) is 13.1. The molecule has 1 atom stereocenters. The second kappa shape index (κ2) is 8.76. The van der Waals surface area contributed by atoms with Crippen molar-refractivity contribution < 1.29 is 14.7 Å². The summed E-state index contributed by atoms with van der Waals surface area (Å²) in [6, 6.07) is 5.18. The minimum Gasteiger partial charge on any atom is -0.391 e. The van der Waals surface area contributed by atoms with Gasteiger partial charge in [0, 0.05) is 6.54 Å². The average Bonchev–Trinajstić information content (AvgIpc) is 2.50. The quantitative estimate of drug-likeness (QED) is 0.703. The number of amides is 2. The number of halogens is 1. The number of nitrogens with one attached hydrogen (secondary N) is 2. The number of aliphatic hydroxyl groups is 1. The molecule has 1 rings (SSSR count). The predicted octanol–water partition coefficient (Wildman–Crippen LogP) is 2.50. The SMILES string of the molecule is CCC(CC)C(O)CNC(=O)C(=O)Nc1cccc(C)c1Cl. The Bertz CT molecular complexity index is 530. The van der Waals surface area contributed by atoms with Crippen LogP contribution in [0.2, 0.25) is 5.02 Å². The molecule has 0 aliphatic carbocycles. The third kappa shape index (κ3) is 5.00. The van der Waals surface area contributed by atoms with Crippen molar-refractivity contribution in [3.05, 3.63) is 28.8 Å². The van der Waals surface area contributed by atoms with Gasteiger partial charge in [-0.2, -0.15) is 0 Å². The van der Waals surface area contributed by atoms with Gasteiger partial charge in [0.15, 0.2) is 0 Å². The van der Waals surface area contributed by atoms with E-state index in [1.54, 1.807) is 12.1 Å². The van der Waals surface area contributed by atoms with Crippen molar-refractivity contribution in [1.82, 2.24) is 5.32 Å². The zero-order valence-corrected chi connectivity index (χ0v) is 13.9. The summed E-state index contributed by atoms with van der Waals surface area (Å²) < 4.78 is 0. The van der Waals surface area contributed by atoms with Crippen LogP contribution in [0, 0.1) is 12.8 Å². The van der Waals surface area contributed by atoms with Crippen LogP contribution in [0.4, 0.5) is 5.69 Å². The number of aryl methyl sites for hydroxylation is 1. The average molecular weight is 327 g/mol. The molecule has 22 heavy (non-hydrogen) atoms. The molecule has 1 aromatic carbocycles. The van der Waals surface area contributed by atoms with Gasteiger partial charge in [0.05, 0.1) is 16.8 Å². The van der Waals surface area contributed by atoms with Crippen molar-refractivity contribution in [2.24, 2.45) is 5.92 Å². The van der Waals surface area contributed by atoms with Crippen LogP contribution in [0.25, 0.3) is 0 Å². The van der Waals surface area contributed by atoms with E-state index in [1.165, 1.54) is 0 Å². The zero-order chi connectivity index (χ0) is 16.7. The number of carbonyl (C=O) groups is 2. The standard InChI is InChI=1S/C16H23ClN2O3/c1-4-11(5-2)13(20)9-18-15(21)16(22)19-12-8-6-7-10(3)14(12)17/h6-8,11,13,20H,4-5,9H2,1-3H3,(H,18,21)(H,19,22). The molecule has 5 nitrogen and oxygen atoms in total. The Hall–Kier alpha value is -1.59. The van der Waals surface area contributed by atoms with Gasteiger partial charge >= 0.3 is 11.8 Å². The highest BCUT2D eigenvalue weighted by Gasteiger charge is 2.19. The maximum atomic E-state index is 11.8. The van der Waals surface area contributed by atoms with E-state index < -0.39 is 17.9 Å². The highest BCUT2D eigenvalue weighted by atomic mass is 35.5. The van der Waals surface area contributed by atoms with Crippen molar-refractivity contribution in [3.63, 3.8) is 0 Å². The van der Waals surface area contributed by atoms with Gasteiger partial charge in [-0.3, -0.25) is 9.59 Å². The van der Waals surface area contributed by atoms with Gasteiger partial charge in [0.2, 0.25) is 0 Å². The van der Waals surface area contributed by atoms with Crippen molar-refractivity contribution >= 4 is 29.1 Å². The van der Waals surface area contributed by atoms with Crippen LogP contribution in [0.1, 0.15) is 32.3 Å². The molecular formula is C16H23ClN2O3. The first-order valence-electron chi connectivity index (χ1n) is 7.43. The molecule has 0 aromatic heterocycles. The topological polar surface area (TPSA) is 78.4 Å². The summed E-state index contributed by atoms with van der Waals surface area (Å²) in [6.07, 6.45) is 0.978. The molecule has 2 amide bonds. The van der Waals surface area contributed by atoms with E-state index in [0.29, 0.717) is 10.7 Å². The summed E-state index contributed by atoms with van der Waals surface area (Å²) in [5.74, 6) is -1.48. The molecule has 1 aromatic rings. The van der Waals surface area contributed by atoms with Crippen molar-refractivity contribution in [3.8, 4) is 0 Å². The lowest BCUT2D eigenvalue weighted by Gasteiger charge is -2.20. The Morgan fingerprint density at radius 1 is 1.23 bits per heavy atom. The molecule has 0 heterocycles. The third-order valence-electron chi connectivity index (χ3n) is 3.71. The monoisotopic (exact) mass is 326 g/mol. The van der Waals surface area contributed by atoms with Gasteiger partial charge in [0.1, 0.15) is 0 Å². The number of anilines is 1. The second-order valence-corrected chi connectivity index (χ2v) is 5.62. The van der Waals surface area contributed by atoms with Gasteiger partial charge in [-0.1, -0.05) is 50.4 Å². The number of aliphatic hydroxyl groups excluding tert-OH is 1. The third-order valence-corrected chi connectivity index (χ3v) is 4.21. The molecule has 0 aliphatic rings. The molecule has 0 radical (unpaired) electrons. The first kappa shape index (κ1) is 18.5. The molecule has 0 aliphatic heterocycles. The highest BCUT2D eigenvalue weighted by molar-refractivity contribution is 6.41. The van der Waals surface area contributed by atoms with E-state index in [0.717, 1.165) is 18.4 Å². The van der Waals surface area contributed by atoms with Gasteiger partial charge < -0.3 is 15.7 Å². The van der Waals surface area contributed by atoms with E-state index in [1.807, 2.05) is 26.8 Å². The highest BCUT2D eigenvalue weighted by Crippen LogP contribution is 2.24. The van der Waals surface area contributed by atoms with Gasteiger partial charge in [-0.25, -0.2) is 0 Å². The van der Waals surface area contributed by atoms with Crippen LogP contribution in [-0.2, 0) is 9.59 Å². The minimum absolute atomic E-state index is 0.0557. The second-order valence-electron chi connectivity index (χ2n) is 5.24. The van der Waals surface area contributed by atoms with Gasteiger partial charge in [-0.15, -0.1) is 0 Å². The van der Waals surface area contributed by atoms with Gasteiger partial charge in [-0.05, 0) is 24.5 Å². The Balaban J connectivity index is 2.56. The first-order valence-corrected chi connectivity index (χ1v) is 7.80. The van der Waals surface area contributed by atoms with Crippen LogP contribution in [0.3, 0.4) is 0 Å². The van der Waals surface area contributed by atoms with Crippen LogP contribution in [0.15, 0.2) is 18.2 Å². The van der Waals surface area contributed by atoms with Crippen molar-refractivity contribution in [2.45, 2.75) is 39.7 Å². The van der Waals surface area contributed by atoms with Gasteiger partial charge in [0.25, 0.3) is 0 Å². The fraction of sp³-hybridized carbons (Fsp3) is 0.500. The Labute approximate surface area is 136 Å². The van der Waals surface area contributed by atoms with Crippen molar-refractivity contribution in [1.29, 1.82) is 0 Å². The molecule has 1 unspecified atom stereocenters. The summed E-state index contributed by atoms with van der Waals surface area (Å²) in [4.78, 5) is 23.6. The Kier molecular flexibility index (Phi) is 7.35. The number of hydrogen-bond donors (Lipinski definition) is 3. The van der Waals surface area contributed by atoms with Crippen molar-refractivity contribution in [2.75, 3.05) is 11.9 Å². The summed E-state index contributed by atoms with van der Waals surface area (Å²) in [6.45, 7) is 5.82. The maximum absolute atomic E-state index is 11.8. The summed E-state index contributed by atoms with van der Waals surface area (Å²) >= 11 is 6.06. The Morgan fingerprint density at radius 2 is 1.86 bits per heavy atom. The molecule has 6 heteroatoms. The van der Waals surface area contributed by atoms with E-state index in [4.69, 9.17) is 11.6 Å². The Morgan fingerprint density at radius 3 is 2.45 bits per heavy atom. The molecule has 3 N–H and O–H groups in total. The fourth-order valence-electron chi connectivity index (χ4n) is 2.20. The van der Waals surface area contributed by atoms with Crippen LogP contribution < -0.4 is 10.6 Å². The lowest BCUT2D eigenvalue weighted by molar-refractivity contribution is -0.136. The maximum Gasteiger partial charge on any atom is 0.313 e. The summed E-state index contributed by atoms with van der Waals surface area (Å²) in [7, 11) is 0. The summed E-state index contributed by atoms with van der Waals surface area (Å²) in [5.41, 5.74) is 1.20. The number of carbonyl (C=O) groups excluding carboxylic acids is 2. The molecule has 0 spiro atoms. The van der Waals surface area contributed by atoms with E-state index >= 15 is 0 Å². The fourth-order valence-corrected chi connectivity index (χ4v) is 2.37. The summed E-state index contributed by atoms with van der Waals surface area (Å²) in [5, 5.41) is 15.3. The molecule has 122 valence electrons. The number of rotatable bonds is 6. The lowest BCUT2D eigenvalue weighted by atomic mass is 9.96. The lowest BCUT2D eigenvalue weighted by Crippen LogP contribution is -2.41. The van der Waals surface area contributed by atoms with Crippen LogP contribution in [0.5, 0.6) is 0 Å². The first-order chi connectivity index (χ1) is 10.4. The number of hydrogen-bond acceptors (Lipinski definition) is 3. The smallest absolute Gasteiger partial charge is 0.313 e. The predicted molar refractivity (Wildman–Crippen MR) is 87.9 cm³/mol. The largest absolute Gasteiger partial charge is 0.391 e. The van der Waals surface area contributed by atoms with E-state index in [2.05, 4.69) is 10.6 Å². The molecule has 0 saturated carbocycles. The minimum atomic E-state index is -0.802. The van der Waals surface area contributed by atoms with E-state index in [9.17, 15) is 14.7 Å². The number of benzene rings is 1. The normalized spacial score (nSPS) is 12.1. The van der Waals surface area contributed by atoms with E-state index in [-0.39, 0.29) is 12.5 Å².